The number of aromatic hydroxyl groups is 6. The Morgan fingerprint density at radius 2 is 1.15 bits per heavy atom. The summed E-state index contributed by atoms with van der Waals surface area (Å²) in [6, 6.07) is 8.82. The number of carbonyl (C=O) groups excluding carboxylic acids is 7. The number of nitrogens with zero attached hydrogens (tertiary/aromatic N) is 1. The van der Waals surface area contributed by atoms with Gasteiger partial charge in [-0.2, -0.15) is 0 Å². The Morgan fingerprint density at radius 3 is 1.83 bits per heavy atom. The number of nitrogens with two attached hydrogens (primary N) is 1. The molecule has 27 nitrogen and oxygen atoms in total. The Morgan fingerprint density at radius 1 is 0.544 bits per heavy atom. The van der Waals surface area contributed by atoms with E-state index in [9.17, 15) is 45.3 Å². The maximum absolute atomic E-state index is 16.1. The lowest BCUT2D eigenvalue weighted by Crippen LogP contribution is -2.56. The zero-order chi connectivity index (χ0) is 73.5. The predicted octanol–water partition coefficient (Wildman–Crippen LogP) is 8.20. The van der Waals surface area contributed by atoms with Crippen molar-refractivity contribution in [2.24, 2.45) is 5.73 Å². The van der Waals surface area contributed by atoms with Gasteiger partial charge in [-0.25, -0.2) is 0 Å². The van der Waals surface area contributed by atoms with Gasteiger partial charge in [-0.3, -0.25) is 33.6 Å². The number of benzene rings is 7. The van der Waals surface area contributed by atoms with Gasteiger partial charge in [-0.15, -0.1) is 0 Å². The molecule has 17 bridgehead atoms. The van der Waals surface area contributed by atoms with E-state index in [-0.39, 0.29) is 103 Å². The molecule has 7 aromatic rings. The lowest BCUT2D eigenvalue weighted by molar-refractivity contribution is -0.137. The summed E-state index contributed by atoms with van der Waals surface area (Å²) in [5.41, 5.74) is 5.09. The van der Waals surface area contributed by atoms with Crippen LogP contribution in [0.3, 0.4) is 0 Å². The van der Waals surface area contributed by atoms with E-state index in [1.807, 2.05) is 19.0 Å². The number of hydrogen-bond acceptors (Lipinski definition) is 20. The van der Waals surface area contributed by atoms with E-state index in [1.54, 1.807) is 0 Å². The molecule has 0 aromatic heterocycles. The molecule has 6 aliphatic heterocycles. The van der Waals surface area contributed by atoms with E-state index in [1.165, 1.54) is 79.2 Å². The number of phenolic OH excluding ortho intramolecular Hbond substituents is 6. The first kappa shape index (κ1) is 73.7. The number of hydrogen-bond donors (Lipinski definition) is 16. The van der Waals surface area contributed by atoms with E-state index in [2.05, 4.69) is 49.5 Å². The third-order valence-corrected chi connectivity index (χ3v) is 18.9. The van der Waals surface area contributed by atoms with Gasteiger partial charge in [-0.1, -0.05) is 99.3 Å². The van der Waals surface area contributed by atoms with Gasteiger partial charge >= 0.3 is 0 Å². The van der Waals surface area contributed by atoms with Gasteiger partial charge < -0.3 is 103 Å². The molecular formula is C74H80Cl2N10O17. The smallest absolute Gasteiger partial charge is 0.248 e. The summed E-state index contributed by atoms with van der Waals surface area (Å²) in [7, 11) is 3.66. The first-order valence-electron chi connectivity index (χ1n) is 33.8. The van der Waals surface area contributed by atoms with Crippen LogP contribution < -0.4 is 62.5 Å². The maximum atomic E-state index is 16.1. The highest BCUT2D eigenvalue weighted by Crippen LogP contribution is 2.49. The van der Waals surface area contributed by atoms with Crippen LogP contribution in [0.15, 0.2) is 109 Å². The van der Waals surface area contributed by atoms with Crippen LogP contribution >= 0.6 is 23.2 Å². The monoisotopic (exact) mass is 1450 g/mol. The number of amides is 7. The lowest BCUT2D eigenvalue weighted by atomic mass is 9.87. The standard InChI is InChI=1S/C74H80Cl2N10O17/c1-4-5-6-7-8-9-10-11-21-78-35-46-52(90)34-45-58(66(46)92)44-28-38(15-17-50(44)88)60-71(97)85-64(74(100)84-63(45)70(96)79-22-12-23-86(2)3)65(91)39-16-20-54(48(76)29-39)103-57-32-41-31-56(67(57)93)102-53-19-13-36(24-47(53)75)25-49-68(94)81-61(72(98)83-62(41)73(99)82-60)40-26-42(87)33-43(27-40)101-55-30-37(14-18-51(55)89)59(77)69(95)80-49/h13-20,24,26-34,49,59-65,78,87-93H,4-12,21-23,25,35,77H2,1-3H3,(H,79,96)(H,80,95)(H,81,94)(H,82,99)(H,83,98)(H,84,100)(H,85,97)/t49-,59-,60-,61+,62-,63+,64+,65-/m1/s1. The Kier molecular flexibility index (Phi) is 23.0. The van der Waals surface area contributed by atoms with Crippen molar-refractivity contribution in [2.75, 3.05) is 33.7 Å². The van der Waals surface area contributed by atoms with Gasteiger partial charge in [0.25, 0.3) is 0 Å². The van der Waals surface area contributed by atoms with Crippen LogP contribution in [0.1, 0.15) is 146 Å². The summed E-state index contributed by atoms with van der Waals surface area (Å²) in [6.45, 7) is 3.04. The highest BCUT2D eigenvalue weighted by atomic mass is 35.5. The molecule has 6 aliphatic rings. The summed E-state index contributed by atoms with van der Waals surface area (Å²) in [6.07, 6.45) is 6.28. The van der Waals surface area contributed by atoms with Crippen LogP contribution in [0.2, 0.25) is 10.0 Å². The SMILES string of the molecule is CCCCCCCCCCNCc1c(O)cc2c(c1O)-c1cc(ccc1O)[C@H]1NC(=O)[C@@H]3NC(=O)[C@H]4NC(=O)[C@@H](Cc5ccc(c(Cl)c5)Oc5cc3cc(c5O)Oc3ccc(cc3Cl)[C@@H](O)[C@H](NC1=O)C(=O)N[C@@H]2C(=O)NCCCN(C)C)NC(=O)[C@H](N)c1ccc(O)c(c1)Oc1cc(O)cc4c1. The Balaban J connectivity index is 1.09. The van der Waals surface area contributed by atoms with Crippen molar-refractivity contribution in [3.05, 3.63) is 164 Å². The molecule has 29 heteroatoms. The fourth-order valence-corrected chi connectivity index (χ4v) is 13.3. The van der Waals surface area contributed by atoms with Crippen LogP contribution in [0.5, 0.6) is 69.0 Å². The first-order valence-corrected chi connectivity index (χ1v) is 34.5. The molecule has 8 atom stereocenters. The molecule has 0 saturated heterocycles. The van der Waals surface area contributed by atoms with Crippen molar-refractivity contribution in [1.82, 2.24) is 47.4 Å². The lowest BCUT2D eigenvalue weighted by Gasteiger charge is -2.32. The Bertz CT molecular complexity index is 4440. The number of halogens is 2. The average molecular weight is 1450 g/mol. The molecule has 0 saturated carbocycles. The van der Waals surface area contributed by atoms with Crippen LogP contribution in [0.4, 0.5) is 0 Å². The third kappa shape index (κ3) is 16.8. The van der Waals surface area contributed by atoms with Crippen molar-refractivity contribution in [1.29, 1.82) is 0 Å². The molecule has 0 fully saturated rings. The second-order valence-electron chi connectivity index (χ2n) is 26.1. The molecule has 542 valence electrons. The van der Waals surface area contributed by atoms with Gasteiger partial charge in [-0.05, 0) is 158 Å². The van der Waals surface area contributed by atoms with E-state index >= 15 is 24.0 Å². The predicted molar refractivity (Wildman–Crippen MR) is 378 cm³/mol. The molecule has 6 heterocycles. The van der Waals surface area contributed by atoms with Crippen LogP contribution in [-0.2, 0) is 46.5 Å². The number of rotatable bonds is 16. The number of carbonyl (C=O) groups is 7. The minimum Gasteiger partial charge on any atom is -0.508 e. The van der Waals surface area contributed by atoms with E-state index in [4.69, 9.17) is 43.1 Å². The number of ether oxygens (including phenoxy) is 3. The number of aliphatic hydroxyl groups is 1. The molecule has 103 heavy (non-hydrogen) atoms. The van der Waals surface area contributed by atoms with E-state index in [0.717, 1.165) is 81.3 Å². The van der Waals surface area contributed by atoms with Crippen molar-refractivity contribution in [2.45, 2.75) is 126 Å². The number of aliphatic hydroxyl groups excluding tert-OH is 1. The molecule has 7 amide bonds. The van der Waals surface area contributed by atoms with Gasteiger partial charge in [0, 0.05) is 36.7 Å². The van der Waals surface area contributed by atoms with Crippen molar-refractivity contribution in [3.8, 4) is 80.1 Å². The maximum Gasteiger partial charge on any atom is 0.248 e. The third-order valence-electron chi connectivity index (χ3n) is 18.3. The van der Waals surface area contributed by atoms with E-state index < -0.39 is 136 Å². The summed E-state index contributed by atoms with van der Waals surface area (Å²) < 4.78 is 18.7. The highest BCUT2D eigenvalue weighted by molar-refractivity contribution is 6.32. The zero-order valence-electron chi connectivity index (χ0n) is 56.4. The van der Waals surface area contributed by atoms with Crippen LogP contribution in [0, 0.1) is 0 Å². The molecule has 0 unspecified atom stereocenters. The summed E-state index contributed by atoms with van der Waals surface area (Å²) in [5, 5.41) is 106. The molecule has 0 spiro atoms. The second-order valence-corrected chi connectivity index (χ2v) is 26.9. The molecule has 7 aromatic carbocycles. The van der Waals surface area contributed by atoms with Crippen molar-refractivity contribution >= 4 is 64.6 Å². The second kappa shape index (κ2) is 32.2. The number of nitrogens with one attached hydrogen (secondary N) is 8. The minimum atomic E-state index is -2.17. The van der Waals surface area contributed by atoms with Gasteiger partial charge in [0.05, 0.1) is 15.6 Å². The summed E-state index contributed by atoms with van der Waals surface area (Å²) >= 11 is 13.9. The Hall–Kier alpha value is -10.6. The Labute approximate surface area is 602 Å². The first-order chi connectivity index (χ1) is 49.3. The van der Waals surface area contributed by atoms with Crippen molar-refractivity contribution < 1.29 is 83.5 Å². The number of phenols is 6. The van der Waals surface area contributed by atoms with Crippen LogP contribution in [-0.4, -0.2) is 128 Å². The molecule has 17 N–H and O–H groups in total. The molecule has 0 aliphatic carbocycles. The van der Waals surface area contributed by atoms with Gasteiger partial charge in [0.15, 0.2) is 23.0 Å². The zero-order valence-corrected chi connectivity index (χ0v) is 57.9. The number of unbranched alkanes of at least 4 members (excludes halogenated alkanes) is 7. The average Bonchev–Trinajstić information content (AvgIpc) is 0.757. The summed E-state index contributed by atoms with van der Waals surface area (Å²) in [4.78, 5) is 109. The highest BCUT2D eigenvalue weighted by Gasteiger charge is 2.42. The van der Waals surface area contributed by atoms with Gasteiger partial charge in [0.1, 0.15) is 88.6 Å². The minimum absolute atomic E-state index is 0.0484. The fraction of sp³-hybridized carbons (Fsp3) is 0.338. The summed E-state index contributed by atoms with van der Waals surface area (Å²) in [5.74, 6) is -13.2. The van der Waals surface area contributed by atoms with Gasteiger partial charge in [0.2, 0.25) is 47.1 Å². The van der Waals surface area contributed by atoms with E-state index in [0.29, 0.717) is 25.1 Å². The molecule has 13 rings (SSSR count). The largest absolute Gasteiger partial charge is 0.508 e. The van der Waals surface area contributed by atoms with Crippen LogP contribution in [0.25, 0.3) is 11.1 Å². The molecule has 0 radical (unpaired) electrons. The quantitative estimate of drug-likeness (QED) is 0.0405. The number of fused-ring (bicyclic) bond motifs is 14. The molecular weight excluding hydrogens is 1370 g/mol. The topological polar surface area (TPSA) is 414 Å². The fourth-order valence-electron chi connectivity index (χ4n) is 12.8. The normalized spacial score (nSPS) is 20.3. The van der Waals surface area contributed by atoms with Crippen molar-refractivity contribution in [3.63, 3.8) is 0 Å².